The molecule has 14 heavy (non-hydrogen) atoms. The molecule has 0 aliphatic carbocycles. The average Bonchev–Trinajstić information content (AvgIpc) is 2.43. The van der Waals surface area contributed by atoms with Gasteiger partial charge in [-0.25, -0.2) is 0 Å². The molecule has 0 atom stereocenters. The van der Waals surface area contributed by atoms with E-state index in [9.17, 15) is 5.11 Å². The van der Waals surface area contributed by atoms with Crippen molar-refractivity contribution in [2.75, 3.05) is 0 Å². The molecule has 0 fully saturated rings. The largest absolute Gasteiger partial charge is 0.508 e. The number of hydrogen-bond donors (Lipinski definition) is 1. The highest BCUT2D eigenvalue weighted by atomic mass is 16.3. The van der Waals surface area contributed by atoms with Crippen molar-refractivity contribution in [3.05, 3.63) is 23.9 Å². The molecule has 0 bridgehead atoms. The SMILES string of the molecule is Cc1c2ccc(O)cc2nn1C(C)C. The number of benzene rings is 1. The maximum Gasteiger partial charge on any atom is 0.117 e. The van der Waals surface area contributed by atoms with Crippen molar-refractivity contribution in [3.8, 4) is 5.75 Å². The molecular formula is C11H14N2O. The van der Waals surface area contributed by atoms with E-state index in [1.165, 1.54) is 0 Å². The molecule has 0 amide bonds. The molecule has 1 heterocycles. The fraction of sp³-hybridized carbons (Fsp3) is 0.364. The Kier molecular flexibility index (Phi) is 1.95. The first-order valence-corrected chi connectivity index (χ1v) is 4.77. The van der Waals surface area contributed by atoms with Crippen LogP contribution in [0.15, 0.2) is 18.2 Å². The number of aromatic nitrogens is 2. The van der Waals surface area contributed by atoms with E-state index >= 15 is 0 Å². The van der Waals surface area contributed by atoms with Gasteiger partial charge in [0.2, 0.25) is 0 Å². The summed E-state index contributed by atoms with van der Waals surface area (Å²) in [6, 6.07) is 5.65. The zero-order valence-corrected chi connectivity index (χ0v) is 8.65. The maximum absolute atomic E-state index is 9.32. The van der Waals surface area contributed by atoms with Crippen LogP contribution in [0.3, 0.4) is 0 Å². The van der Waals surface area contributed by atoms with Crippen LogP contribution in [0.2, 0.25) is 0 Å². The Morgan fingerprint density at radius 1 is 1.36 bits per heavy atom. The van der Waals surface area contributed by atoms with E-state index in [-0.39, 0.29) is 5.75 Å². The lowest BCUT2D eigenvalue weighted by Gasteiger charge is -2.06. The number of fused-ring (bicyclic) bond motifs is 1. The molecule has 0 saturated carbocycles. The van der Waals surface area contributed by atoms with Crippen LogP contribution in [0, 0.1) is 6.92 Å². The van der Waals surface area contributed by atoms with Crippen molar-refractivity contribution in [1.29, 1.82) is 0 Å². The normalized spacial score (nSPS) is 11.4. The molecular weight excluding hydrogens is 176 g/mol. The lowest BCUT2D eigenvalue weighted by molar-refractivity contribution is 0.476. The fourth-order valence-electron chi connectivity index (χ4n) is 1.73. The van der Waals surface area contributed by atoms with Crippen molar-refractivity contribution in [2.45, 2.75) is 26.8 Å². The van der Waals surface area contributed by atoms with Gasteiger partial charge in [-0.05, 0) is 32.9 Å². The minimum absolute atomic E-state index is 0.269. The predicted molar refractivity (Wildman–Crippen MR) is 56.5 cm³/mol. The fourth-order valence-corrected chi connectivity index (χ4v) is 1.73. The van der Waals surface area contributed by atoms with Gasteiger partial charge in [0.15, 0.2) is 0 Å². The van der Waals surface area contributed by atoms with Crippen molar-refractivity contribution >= 4 is 10.9 Å². The Labute approximate surface area is 83.0 Å². The molecule has 2 aromatic rings. The highest BCUT2D eigenvalue weighted by molar-refractivity contribution is 5.82. The summed E-state index contributed by atoms with van der Waals surface area (Å²) in [5.41, 5.74) is 2.01. The van der Waals surface area contributed by atoms with Crippen molar-refractivity contribution < 1.29 is 5.11 Å². The Balaban J connectivity index is 2.73. The molecule has 1 N–H and O–H groups in total. The lowest BCUT2D eigenvalue weighted by atomic mass is 10.2. The Morgan fingerprint density at radius 3 is 2.71 bits per heavy atom. The molecule has 3 heteroatoms. The van der Waals surface area contributed by atoms with Gasteiger partial charge in [-0.1, -0.05) is 0 Å². The summed E-state index contributed by atoms with van der Waals surface area (Å²) in [6.45, 7) is 6.24. The third-order valence-corrected chi connectivity index (χ3v) is 2.42. The molecule has 0 aliphatic heterocycles. The second-order valence-corrected chi connectivity index (χ2v) is 3.83. The highest BCUT2D eigenvalue weighted by Crippen LogP contribution is 2.23. The monoisotopic (exact) mass is 190 g/mol. The average molecular weight is 190 g/mol. The Morgan fingerprint density at radius 2 is 2.07 bits per heavy atom. The van der Waals surface area contributed by atoms with E-state index in [4.69, 9.17) is 0 Å². The molecule has 1 aromatic carbocycles. The second kappa shape index (κ2) is 3.01. The van der Waals surface area contributed by atoms with E-state index in [1.54, 1.807) is 12.1 Å². The summed E-state index contributed by atoms with van der Waals surface area (Å²) >= 11 is 0. The van der Waals surface area contributed by atoms with Crippen LogP contribution in [-0.2, 0) is 0 Å². The van der Waals surface area contributed by atoms with Crippen LogP contribution in [0.5, 0.6) is 5.75 Å². The van der Waals surface area contributed by atoms with Crippen LogP contribution in [0.1, 0.15) is 25.6 Å². The van der Waals surface area contributed by atoms with Gasteiger partial charge in [0.1, 0.15) is 5.75 Å². The predicted octanol–water partition coefficient (Wildman–Crippen LogP) is 2.63. The van der Waals surface area contributed by atoms with Crippen molar-refractivity contribution in [1.82, 2.24) is 9.78 Å². The molecule has 2 rings (SSSR count). The topological polar surface area (TPSA) is 38.1 Å². The van der Waals surface area contributed by atoms with Gasteiger partial charge in [-0.2, -0.15) is 5.10 Å². The van der Waals surface area contributed by atoms with Gasteiger partial charge >= 0.3 is 0 Å². The highest BCUT2D eigenvalue weighted by Gasteiger charge is 2.09. The van der Waals surface area contributed by atoms with Gasteiger partial charge in [-0.15, -0.1) is 0 Å². The molecule has 1 aromatic heterocycles. The third kappa shape index (κ3) is 1.25. The van der Waals surface area contributed by atoms with E-state index in [1.807, 2.05) is 17.7 Å². The standard InChI is InChI=1S/C11H14N2O/c1-7(2)13-8(3)10-5-4-9(14)6-11(10)12-13/h4-7,14H,1-3H3. The van der Waals surface area contributed by atoms with Gasteiger partial charge in [0, 0.05) is 23.2 Å². The molecule has 0 spiro atoms. The number of aromatic hydroxyl groups is 1. The van der Waals surface area contributed by atoms with Gasteiger partial charge in [0.05, 0.1) is 5.52 Å². The van der Waals surface area contributed by atoms with Crippen molar-refractivity contribution in [3.63, 3.8) is 0 Å². The van der Waals surface area contributed by atoms with Crippen LogP contribution in [0.25, 0.3) is 10.9 Å². The zero-order valence-electron chi connectivity index (χ0n) is 8.65. The number of rotatable bonds is 1. The summed E-state index contributed by atoms with van der Waals surface area (Å²) in [5.74, 6) is 0.269. The Hall–Kier alpha value is -1.51. The second-order valence-electron chi connectivity index (χ2n) is 3.83. The first-order chi connectivity index (χ1) is 6.59. The van der Waals surface area contributed by atoms with Crippen LogP contribution < -0.4 is 0 Å². The van der Waals surface area contributed by atoms with Crippen LogP contribution >= 0.6 is 0 Å². The molecule has 0 radical (unpaired) electrons. The van der Waals surface area contributed by atoms with E-state index in [0.717, 1.165) is 16.6 Å². The van der Waals surface area contributed by atoms with Crippen LogP contribution in [0.4, 0.5) is 0 Å². The van der Waals surface area contributed by atoms with Gasteiger partial charge < -0.3 is 5.11 Å². The summed E-state index contributed by atoms with van der Waals surface area (Å²) in [4.78, 5) is 0. The summed E-state index contributed by atoms with van der Waals surface area (Å²) in [7, 11) is 0. The molecule has 0 saturated heterocycles. The minimum Gasteiger partial charge on any atom is -0.508 e. The van der Waals surface area contributed by atoms with Crippen LogP contribution in [-0.4, -0.2) is 14.9 Å². The first-order valence-electron chi connectivity index (χ1n) is 4.77. The quantitative estimate of drug-likeness (QED) is 0.750. The van der Waals surface area contributed by atoms with E-state index in [0.29, 0.717) is 6.04 Å². The number of phenolic OH excluding ortho intramolecular Hbond substituents is 1. The number of aryl methyl sites for hydroxylation is 1. The number of phenols is 1. The molecule has 74 valence electrons. The van der Waals surface area contributed by atoms with E-state index in [2.05, 4.69) is 18.9 Å². The number of nitrogens with zero attached hydrogens (tertiary/aromatic N) is 2. The summed E-state index contributed by atoms with van der Waals surface area (Å²) in [5, 5.41) is 14.9. The maximum atomic E-state index is 9.32. The first kappa shape index (κ1) is 9.06. The third-order valence-electron chi connectivity index (χ3n) is 2.42. The summed E-state index contributed by atoms with van der Waals surface area (Å²) < 4.78 is 1.98. The minimum atomic E-state index is 0.269. The molecule has 3 nitrogen and oxygen atoms in total. The van der Waals surface area contributed by atoms with Gasteiger partial charge in [-0.3, -0.25) is 4.68 Å². The Bertz CT molecular complexity index is 471. The van der Waals surface area contributed by atoms with Gasteiger partial charge in [0.25, 0.3) is 0 Å². The van der Waals surface area contributed by atoms with E-state index < -0.39 is 0 Å². The number of hydrogen-bond acceptors (Lipinski definition) is 2. The lowest BCUT2D eigenvalue weighted by Crippen LogP contribution is -2.04. The molecule has 0 aliphatic rings. The smallest absolute Gasteiger partial charge is 0.117 e. The molecule has 0 unspecified atom stereocenters. The zero-order chi connectivity index (χ0) is 10.3. The summed E-state index contributed by atoms with van der Waals surface area (Å²) in [6.07, 6.45) is 0. The van der Waals surface area contributed by atoms with Crippen molar-refractivity contribution in [2.24, 2.45) is 0 Å².